The quantitative estimate of drug-likeness (QED) is 0.494. The molecule has 0 rings (SSSR count). The van der Waals surface area contributed by atoms with E-state index in [1.54, 1.807) is 0 Å². The minimum absolute atomic E-state index is 0. The van der Waals surface area contributed by atoms with Gasteiger partial charge in [0.25, 0.3) is 0 Å². The first-order valence-electron chi connectivity index (χ1n) is 2.35. The molecule has 0 nitrogen and oxygen atoms in total. The average molecular weight is 174 g/mol. The van der Waals surface area contributed by atoms with E-state index < -0.39 is 0 Å². The molecule has 0 aromatic rings. The van der Waals surface area contributed by atoms with Gasteiger partial charge < -0.3 is 6.92 Å². The van der Waals surface area contributed by atoms with Crippen molar-refractivity contribution in [3.05, 3.63) is 6.92 Å². The largest absolute Gasteiger partial charge is 0.343 e. The van der Waals surface area contributed by atoms with E-state index >= 15 is 0 Å². The molecule has 0 saturated heterocycles. The summed E-state index contributed by atoms with van der Waals surface area (Å²) in [6.07, 6.45) is 1.02. The summed E-state index contributed by atoms with van der Waals surface area (Å²) in [6, 6.07) is 0. The van der Waals surface area contributed by atoms with Crippen LogP contribution < -0.4 is 0 Å². The van der Waals surface area contributed by atoms with Crippen molar-refractivity contribution in [2.45, 2.75) is 27.2 Å². The first kappa shape index (κ1) is 11.0. The zero-order chi connectivity index (χ0) is 5.21. The Labute approximate surface area is 71.9 Å². The van der Waals surface area contributed by atoms with Crippen LogP contribution in [0, 0.1) is 12.3 Å². The second kappa shape index (κ2) is 4.03. The molecule has 0 N–H and O–H groups in total. The molecule has 0 bridgehead atoms. The molecule has 0 unspecified atom stereocenters. The van der Waals surface area contributed by atoms with Crippen molar-refractivity contribution in [3.8, 4) is 0 Å². The van der Waals surface area contributed by atoms with E-state index in [1.165, 1.54) is 0 Å². The number of rotatable bonds is 0. The molecule has 0 aromatic heterocycles. The Balaban J connectivity index is 0. The van der Waals surface area contributed by atoms with Crippen molar-refractivity contribution < 1.29 is 32.7 Å². The Kier molecular flexibility index (Phi) is 6.32. The van der Waals surface area contributed by atoms with Crippen LogP contribution in [-0.2, 0) is 32.7 Å². The fourth-order valence-corrected chi connectivity index (χ4v) is 0. The molecule has 0 aliphatic heterocycles. The average Bonchev–Trinajstić information content (AvgIpc) is 1.35. The molecule has 0 aromatic carbocycles. The third-order valence-corrected chi connectivity index (χ3v) is 0.750. The second-order valence-electron chi connectivity index (χ2n) is 2.81. The van der Waals surface area contributed by atoms with E-state index in [0.29, 0.717) is 5.41 Å². The summed E-state index contributed by atoms with van der Waals surface area (Å²) in [4.78, 5) is 0. The molecule has 0 aliphatic carbocycles. The Hall–Kier alpha value is 1.10. The van der Waals surface area contributed by atoms with Crippen molar-refractivity contribution in [1.82, 2.24) is 0 Å². The van der Waals surface area contributed by atoms with Crippen molar-refractivity contribution >= 4 is 0 Å². The van der Waals surface area contributed by atoms with Crippen LogP contribution in [-0.4, -0.2) is 0 Å². The summed E-state index contributed by atoms with van der Waals surface area (Å²) in [5.74, 6) is 0. The SMILES string of the molecule is [CH2-]CC(C)(C)C.[Y]. The van der Waals surface area contributed by atoms with Crippen LogP contribution in [0.1, 0.15) is 27.2 Å². The van der Waals surface area contributed by atoms with Crippen LogP contribution in [0.5, 0.6) is 0 Å². The van der Waals surface area contributed by atoms with Crippen LogP contribution in [0.2, 0.25) is 0 Å². The second-order valence-corrected chi connectivity index (χ2v) is 2.81. The van der Waals surface area contributed by atoms with Gasteiger partial charge in [-0.25, -0.2) is 0 Å². The molecule has 41 valence electrons. The van der Waals surface area contributed by atoms with Crippen LogP contribution in [0.3, 0.4) is 0 Å². The minimum atomic E-state index is 0. The zero-order valence-electron chi connectivity index (χ0n) is 5.49. The van der Waals surface area contributed by atoms with Gasteiger partial charge in [0, 0.05) is 32.7 Å². The summed E-state index contributed by atoms with van der Waals surface area (Å²) in [6.45, 7) is 10.3. The van der Waals surface area contributed by atoms with Gasteiger partial charge >= 0.3 is 0 Å². The molecule has 0 fully saturated rings. The molecular formula is C6H13Y-. The fourth-order valence-electron chi connectivity index (χ4n) is 0. The molecule has 1 radical (unpaired) electrons. The van der Waals surface area contributed by atoms with E-state index in [4.69, 9.17) is 0 Å². The van der Waals surface area contributed by atoms with Crippen molar-refractivity contribution in [2.24, 2.45) is 5.41 Å². The van der Waals surface area contributed by atoms with Gasteiger partial charge in [0.2, 0.25) is 0 Å². The maximum Gasteiger partial charge on any atom is 0 e. The molecular weight excluding hydrogens is 161 g/mol. The monoisotopic (exact) mass is 174 g/mol. The van der Waals surface area contributed by atoms with Gasteiger partial charge in [-0.1, -0.05) is 26.2 Å². The Morgan fingerprint density at radius 1 is 1.29 bits per heavy atom. The molecule has 1 heteroatoms. The minimum Gasteiger partial charge on any atom is -0.343 e. The summed E-state index contributed by atoms with van der Waals surface area (Å²) in [5.41, 5.74) is 0.431. The molecule has 0 spiro atoms. The van der Waals surface area contributed by atoms with Crippen LogP contribution in [0.4, 0.5) is 0 Å². The fraction of sp³-hybridized carbons (Fsp3) is 0.833. The first-order chi connectivity index (χ1) is 2.56. The van der Waals surface area contributed by atoms with E-state index in [0.717, 1.165) is 6.42 Å². The zero-order valence-corrected chi connectivity index (χ0v) is 8.33. The van der Waals surface area contributed by atoms with Gasteiger partial charge in [-0.15, -0.1) is 0 Å². The van der Waals surface area contributed by atoms with Crippen LogP contribution >= 0.6 is 0 Å². The van der Waals surface area contributed by atoms with E-state index in [1.807, 2.05) is 0 Å². The van der Waals surface area contributed by atoms with Gasteiger partial charge in [-0.2, -0.15) is 6.42 Å². The van der Waals surface area contributed by atoms with Crippen molar-refractivity contribution in [2.75, 3.05) is 0 Å². The molecule has 7 heavy (non-hydrogen) atoms. The van der Waals surface area contributed by atoms with Crippen LogP contribution in [0.15, 0.2) is 0 Å². The molecule has 0 aliphatic rings. The van der Waals surface area contributed by atoms with E-state index in [-0.39, 0.29) is 32.7 Å². The normalized spacial score (nSPS) is 10.3. The third-order valence-electron chi connectivity index (χ3n) is 0.750. The summed E-state index contributed by atoms with van der Waals surface area (Å²) in [5, 5.41) is 0. The predicted molar refractivity (Wildman–Crippen MR) is 29.4 cm³/mol. The molecule has 0 atom stereocenters. The number of hydrogen-bond acceptors (Lipinski definition) is 0. The molecule has 0 amide bonds. The van der Waals surface area contributed by atoms with Crippen molar-refractivity contribution in [1.29, 1.82) is 0 Å². The first-order valence-corrected chi connectivity index (χ1v) is 2.35. The summed E-state index contributed by atoms with van der Waals surface area (Å²) < 4.78 is 0. The molecule has 0 saturated carbocycles. The topological polar surface area (TPSA) is 0 Å². The predicted octanol–water partition coefficient (Wildman–Crippen LogP) is 2.25. The van der Waals surface area contributed by atoms with Gasteiger partial charge in [0.05, 0.1) is 0 Å². The van der Waals surface area contributed by atoms with Crippen LogP contribution in [0.25, 0.3) is 0 Å². The smallest absolute Gasteiger partial charge is 0 e. The molecule has 0 heterocycles. The van der Waals surface area contributed by atoms with Gasteiger partial charge in [-0.3, -0.25) is 0 Å². The number of hydrogen-bond donors (Lipinski definition) is 0. The maximum atomic E-state index is 3.76. The van der Waals surface area contributed by atoms with E-state index in [9.17, 15) is 0 Å². The summed E-state index contributed by atoms with van der Waals surface area (Å²) >= 11 is 0. The summed E-state index contributed by atoms with van der Waals surface area (Å²) in [7, 11) is 0. The Bertz CT molecular complexity index is 33.9. The Morgan fingerprint density at radius 2 is 1.43 bits per heavy atom. The van der Waals surface area contributed by atoms with Gasteiger partial charge in [0.15, 0.2) is 0 Å². The standard InChI is InChI=1S/C6H13.Y/c1-5-6(2,3)4;/h1,5H2,2-4H3;/q-1;. The van der Waals surface area contributed by atoms with Gasteiger partial charge in [-0.05, 0) is 0 Å². The van der Waals surface area contributed by atoms with Crippen molar-refractivity contribution in [3.63, 3.8) is 0 Å². The Morgan fingerprint density at radius 3 is 1.43 bits per heavy atom. The maximum absolute atomic E-state index is 3.76. The van der Waals surface area contributed by atoms with E-state index in [2.05, 4.69) is 27.7 Å². The third kappa shape index (κ3) is 11.0. The van der Waals surface area contributed by atoms with Gasteiger partial charge in [0.1, 0.15) is 0 Å².